The molecule has 0 radical (unpaired) electrons. The first kappa shape index (κ1) is 25.6. The zero-order valence-corrected chi connectivity index (χ0v) is 25.6. The Bertz CT molecular complexity index is 2640. The maximum atomic E-state index is 6.63. The van der Waals surface area contributed by atoms with Crippen molar-refractivity contribution in [3.63, 3.8) is 0 Å². The molecule has 2 heteroatoms. The molecule has 0 bridgehead atoms. The quantitative estimate of drug-likeness (QED) is 0.183. The third-order valence-corrected chi connectivity index (χ3v) is 10.7. The molecule has 46 heavy (non-hydrogen) atoms. The molecule has 0 aliphatic carbocycles. The lowest BCUT2D eigenvalue weighted by Gasteiger charge is -2.18. The van der Waals surface area contributed by atoms with Gasteiger partial charge >= 0.3 is 0 Å². The van der Waals surface area contributed by atoms with E-state index in [0.717, 1.165) is 16.6 Å². The van der Waals surface area contributed by atoms with Crippen LogP contribution in [0.3, 0.4) is 0 Å². The molecule has 0 spiro atoms. The van der Waals surface area contributed by atoms with Gasteiger partial charge in [0.25, 0.3) is 0 Å². The number of hydrogen-bond acceptors (Lipinski definition) is 2. The van der Waals surface area contributed by atoms with Crippen molar-refractivity contribution < 1.29 is 4.42 Å². The molecule has 0 fully saturated rings. The van der Waals surface area contributed by atoms with E-state index in [1.807, 2.05) is 11.3 Å². The lowest BCUT2D eigenvalue weighted by Crippen LogP contribution is -1.90. The molecule has 10 rings (SSSR count). The molecule has 2 heterocycles. The molecule has 0 aliphatic heterocycles. The van der Waals surface area contributed by atoms with E-state index in [-0.39, 0.29) is 0 Å². The van der Waals surface area contributed by atoms with Gasteiger partial charge in [0.05, 0.1) is 0 Å². The molecule has 214 valence electrons. The first-order chi connectivity index (χ1) is 22.8. The minimum Gasteiger partial charge on any atom is -0.455 e. The van der Waals surface area contributed by atoms with Crippen molar-refractivity contribution in [2.45, 2.75) is 0 Å². The molecular formula is C44H26OS. The number of para-hydroxylation sites is 1. The van der Waals surface area contributed by atoms with Crippen LogP contribution in [0.2, 0.25) is 0 Å². The normalized spacial score (nSPS) is 11.9. The molecule has 0 N–H and O–H groups in total. The van der Waals surface area contributed by atoms with E-state index >= 15 is 0 Å². The van der Waals surface area contributed by atoms with E-state index in [9.17, 15) is 0 Å². The van der Waals surface area contributed by atoms with Crippen LogP contribution < -0.4 is 0 Å². The smallest absolute Gasteiger partial charge is 0.144 e. The predicted octanol–water partition coefficient (Wildman–Crippen LogP) is 13.3. The van der Waals surface area contributed by atoms with Crippen LogP contribution in [0.1, 0.15) is 0 Å². The molecule has 0 unspecified atom stereocenters. The van der Waals surface area contributed by atoms with Gasteiger partial charge in [0.1, 0.15) is 11.2 Å². The third kappa shape index (κ3) is 3.68. The average Bonchev–Trinajstić information content (AvgIpc) is 3.68. The van der Waals surface area contributed by atoms with E-state index in [1.165, 1.54) is 80.5 Å². The van der Waals surface area contributed by atoms with Gasteiger partial charge in [-0.2, -0.15) is 0 Å². The zero-order valence-electron chi connectivity index (χ0n) is 24.8. The number of hydrogen-bond donors (Lipinski definition) is 0. The lowest BCUT2D eigenvalue weighted by atomic mass is 9.85. The molecule has 0 saturated carbocycles. The second kappa shape index (κ2) is 9.90. The lowest BCUT2D eigenvalue weighted by molar-refractivity contribution is 0.670. The highest BCUT2D eigenvalue weighted by molar-refractivity contribution is 7.26. The van der Waals surface area contributed by atoms with Crippen LogP contribution >= 0.6 is 11.3 Å². The van der Waals surface area contributed by atoms with Crippen molar-refractivity contribution in [1.29, 1.82) is 0 Å². The van der Waals surface area contributed by atoms with Crippen molar-refractivity contribution in [2.24, 2.45) is 0 Å². The summed E-state index contributed by atoms with van der Waals surface area (Å²) in [6, 6.07) is 57.1. The molecule has 0 atom stereocenters. The molecule has 1 nitrogen and oxygen atoms in total. The predicted molar refractivity (Wildman–Crippen MR) is 198 cm³/mol. The Morgan fingerprint density at radius 1 is 0.348 bits per heavy atom. The Morgan fingerprint density at radius 3 is 1.46 bits per heavy atom. The van der Waals surface area contributed by atoms with Gasteiger partial charge in [-0.25, -0.2) is 0 Å². The zero-order chi connectivity index (χ0) is 30.2. The number of benzene rings is 8. The van der Waals surface area contributed by atoms with Crippen LogP contribution in [0.15, 0.2) is 162 Å². The summed E-state index contributed by atoms with van der Waals surface area (Å²) in [5, 5.41) is 9.97. The van der Waals surface area contributed by atoms with Crippen LogP contribution in [-0.4, -0.2) is 0 Å². The highest BCUT2D eigenvalue weighted by Crippen LogP contribution is 2.48. The minimum atomic E-state index is 0.925. The fraction of sp³-hybridized carbons (Fsp3) is 0. The Labute approximate surface area is 269 Å². The fourth-order valence-electron chi connectivity index (χ4n) is 7.46. The number of rotatable bonds is 3. The Hall–Kier alpha value is -5.70. The number of furan rings is 1. The highest BCUT2D eigenvalue weighted by Gasteiger charge is 2.21. The molecule has 2 aromatic heterocycles. The Kier molecular flexibility index (Phi) is 5.51. The highest BCUT2D eigenvalue weighted by atomic mass is 32.1. The summed E-state index contributed by atoms with van der Waals surface area (Å²) in [5.41, 5.74) is 9.22. The fourth-order valence-corrected chi connectivity index (χ4v) is 8.70. The topological polar surface area (TPSA) is 13.1 Å². The Morgan fingerprint density at radius 2 is 0.826 bits per heavy atom. The molecule has 10 aromatic rings. The summed E-state index contributed by atoms with van der Waals surface area (Å²) in [4.78, 5) is 0. The van der Waals surface area contributed by atoms with E-state index in [0.29, 0.717) is 0 Å². The van der Waals surface area contributed by atoms with Crippen LogP contribution in [0.4, 0.5) is 0 Å². The average molecular weight is 603 g/mol. The second-order valence-corrected chi connectivity index (χ2v) is 13.0. The van der Waals surface area contributed by atoms with Crippen molar-refractivity contribution in [2.75, 3.05) is 0 Å². The van der Waals surface area contributed by atoms with Crippen molar-refractivity contribution in [3.05, 3.63) is 158 Å². The maximum Gasteiger partial charge on any atom is 0.144 e. The van der Waals surface area contributed by atoms with Gasteiger partial charge in [-0.15, -0.1) is 11.3 Å². The Balaban J connectivity index is 1.24. The molecular weight excluding hydrogens is 577 g/mol. The monoisotopic (exact) mass is 602 g/mol. The van der Waals surface area contributed by atoms with E-state index < -0.39 is 0 Å². The van der Waals surface area contributed by atoms with Crippen LogP contribution in [0.25, 0.3) is 97.0 Å². The van der Waals surface area contributed by atoms with Crippen molar-refractivity contribution >= 4 is 75.0 Å². The van der Waals surface area contributed by atoms with Crippen molar-refractivity contribution in [1.82, 2.24) is 0 Å². The SMILES string of the molecule is c1ccc(-c2c3ccccc3c(-c3ccc(-c4c5oc6ccccc6c5cc5c4sc4ccccc45)cc3)c3ccccc23)cc1. The largest absolute Gasteiger partial charge is 0.455 e. The number of thiophene rings is 1. The first-order valence-corrected chi connectivity index (χ1v) is 16.5. The van der Waals surface area contributed by atoms with Crippen LogP contribution in [0.5, 0.6) is 0 Å². The van der Waals surface area contributed by atoms with E-state index in [1.54, 1.807) is 0 Å². The summed E-state index contributed by atoms with van der Waals surface area (Å²) in [5.74, 6) is 0. The standard InChI is InChI=1S/C44H26OS/c1-2-12-27(13-3-1)40-32-16-4-6-18-34(32)41(35-19-7-5-17-33(35)40)28-22-24-29(25-23-28)42-43-36(30-14-8-10-20-38(30)45-43)26-37-31-15-9-11-21-39(31)46-44(37)42/h1-26H. The summed E-state index contributed by atoms with van der Waals surface area (Å²) in [7, 11) is 0. The molecule has 8 aromatic carbocycles. The van der Waals surface area contributed by atoms with Gasteiger partial charge in [0.2, 0.25) is 0 Å². The first-order valence-electron chi connectivity index (χ1n) is 15.7. The van der Waals surface area contributed by atoms with Gasteiger partial charge in [-0.05, 0) is 67.6 Å². The third-order valence-electron chi connectivity index (χ3n) is 9.47. The summed E-state index contributed by atoms with van der Waals surface area (Å²) < 4.78 is 9.20. The molecule has 0 saturated heterocycles. The second-order valence-electron chi connectivity index (χ2n) is 12.0. The summed E-state index contributed by atoms with van der Waals surface area (Å²) in [6.45, 7) is 0. The van der Waals surface area contributed by atoms with Gasteiger partial charge in [0.15, 0.2) is 0 Å². The van der Waals surface area contributed by atoms with E-state index in [4.69, 9.17) is 4.42 Å². The summed E-state index contributed by atoms with van der Waals surface area (Å²) >= 11 is 1.85. The summed E-state index contributed by atoms with van der Waals surface area (Å²) in [6.07, 6.45) is 0. The van der Waals surface area contributed by atoms with Gasteiger partial charge in [0, 0.05) is 36.5 Å². The van der Waals surface area contributed by atoms with Gasteiger partial charge in [-0.1, -0.05) is 140 Å². The molecule has 0 amide bonds. The van der Waals surface area contributed by atoms with Crippen molar-refractivity contribution in [3.8, 4) is 33.4 Å². The van der Waals surface area contributed by atoms with Gasteiger partial charge in [-0.3, -0.25) is 0 Å². The van der Waals surface area contributed by atoms with E-state index in [2.05, 4.69) is 158 Å². The molecule has 0 aliphatic rings. The maximum absolute atomic E-state index is 6.63. The van der Waals surface area contributed by atoms with Crippen LogP contribution in [0, 0.1) is 0 Å². The van der Waals surface area contributed by atoms with Gasteiger partial charge < -0.3 is 4.42 Å². The minimum absolute atomic E-state index is 0.925. The number of fused-ring (bicyclic) bond motifs is 8. The van der Waals surface area contributed by atoms with Crippen LogP contribution in [-0.2, 0) is 0 Å².